The Morgan fingerprint density at radius 1 is 1.12 bits per heavy atom. The molecule has 0 fully saturated rings. The SMILES string of the molecule is COC(=O)c1ccc(C)c(S(=O)(=O)N(C)CCOc2ccccc2)c1. The number of rotatable bonds is 7. The number of benzene rings is 2. The number of para-hydroxylation sites is 1. The minimum Gasteiger partial charge on any atom is -0.492 e. The lowest BCUT2D eigenvalue weighted by Gasteiger charge is -2.19. The summed E-state index contributed by atoms with van der Waals surface area (Å²) in [5.74, 6) is 0.101. The molecule has 6 nitrogen and oxygen atoms in total. The molecule has 25 heavy (non-hydrogen) atoms. The third kappa shape index (κ3) is 4.58. The van der Waals surface area contributed by atoms with E-state index in [-0.39, 0.29) is 23.6 Å². The van der Waals surface area contributed by atoms with Gasteiger partial charge in [0.1, 0.15) is 12.4 Å². The van der Waals surface area contributed by atoms with Crippen LogP contribution >= 0.6 is 0 Å². The fourth-order valence-corrected chi connectivity index (χ4v) is 3.62. The molecule has 0 bridgehead atoms. The Labute approximate surface area is 148 Å². The number of sulfonamides is 1. The van der Waals surface area contributed by atoms with Crippen LogP contribution in [-0.2, 0) is 14.8 Å². The summed E-state index contributed by atoms with van der Waals surface area (Å²) < 4.78 is 36.9. The van der Waals surface area contributed by atoms with Crippen molar-refractivity contribution in [1.82, 2.24) is 4.31 Å². The van der Waals surface area contributed by atoms with Crippen LogP contribution in [0.15, 0.2) is 53.4 Å². The van der Waals surface area contributed by atoms with Gasteiger partial charge in [0.15, 0.2) is 0 Å². The van der Waals surface area contributed by atoms with Gasteiger partial charge in [-0.05, 0) is 36.8 Å². The van der Waals surface area contributed by atoms with Crippen molar-refractivity contribution in [2.45, 2.75) is 11.8 Å². The zero-order chi connectivity index (χ0) is 18.4. The highest BCUT2D eigenvalue weighted by atomic mass is 32.2. The van der Waals surface area contributed by atoms with Crippen LogP contribution in [0.1, 0.15) is 15.9 Å². The van der Waals surface area contributed by atoms with Gasteiger partial charge in [-0.15, -0.1) is 0 Å². The second-order valence-corrected chi connectivity index (χ2v) is 7.47. The normalized spacial score (nSPS) is 11.4. The Balaban J connectivity index is 2.13. The molecule has 0 heterocycles. The van der Waals surface area contributed by atoms with E-state index < -0.39 is 16.0 Å². The summed E-state index contributed by atoms with van der Waals surface area (Å²) in [5, 5.41) is 0. The van der Waals surface area contributed by atoms with Gasteiger partial charge in [0.25, 0.3) is 0 Å². The fraction of sp³-hybridized carbons (Fsp3) is 0.278. The molecule has 2 aromatic carbocycles. The molecule has 0 aliphatic carbocycles. The van der Waals surface area contributed by atoms with Gasteiger partial charge in [0.05, 0.1) is 17.6 Å². The van der Waals surface area contributed by atoms with E-state index in [9.17, 15) is 13.2 Å². The molecular formula is C18H21NO5S. The molecule has 0 radical (unpaired) electrons. The van der Waals surface area contributed by atoms with Crippen LogP contribution in [0.4, 0.5) is 0 Å². The van der Waals surface area contributed by atoms with Crippen molar-refractivity contribution in [3.8, 4) is 5.75 Å². The first kappa shape index (κ1) is 19.0. The van der Waals surface area contributed by atoms with Crippen molar-refractivity contribution in [2.75, 3.05) is 27.3 Å². The molecule has 0 saturated carbocycles. The van der Waals surface area contributed by atoms with Crippen molar-refractivity contribution >= 4 is 16.0 Å². The molecule has 0 spiro atoms. The predicted molar refractivity (Wildman–Crippen MR) is 94.3 cm³/mol. The molecule has 7 heteroatoms. The Kier molecular flexibility index (Phi) is 6.17. The van der Waals surface area contributed by atoms with Gasteiger partial charge in [-0.2, -0.15) is 4.31 Å². The van der Waals surface area contributed by atoms with Gasteiger partial charge < -0.3 is 9.47 Å². The van der Waals surface area contributed by atoms with Crippen LogP contribution in [0, 0.1) is 6.92 Å². The second kappa shape index (κ2) is 8.13. The monoisotopic (exact) mass is 363 g/mol. The van der Waals surface area contributed by atoms with Gasteiger partial charge in [-0.3, -0.25) is 0 Å². The molecule has 0 saturated heterocycles. The summed E-state index contributed by atoms with van der Waals surface area (Å²) in [6, 6.07) is 13.6. The average molecular weight is 363 g/mol. The maximum absolute atomic E-state index is 12.8. The molecule has 2 aromatic rings. The second-order valence-electron chi connectivity index (χ2n) is 5.46. The number of ether oxygens (including phenoxy) is 2. The Morgan fingerprint density at radius 2 is 1.80 bits per heavy atom. The standard InChI is InChI=1S/C18H21NO5S/c1-14-9-10-15(18(20)23-3)13-17(14)25(21,22)19(2)11-12-24-16-7-5-4-6-8-16/h4-10,13H,11-12H2,1-3H3. The fourth-order valence-electron chi connectivity index (χ4n) is 2.22. The number of nitrogens with zero attached hydrogens (tertiary/aromatic N) is 1. The largest absolute Gasteiger partial charge is 0.492 e. The van der Waals surface area contributed by atoms with Crippen LogP contribution in [0.25, 0.3) is 0 Å². The molecule has 134 valence electrons. The van der Waals surface area contributed by atoms with Crippen molar-refractivity contribution < 1.29 is 22.7 Å². The van der Waals surface area contributed by atoms with Crippen LogP contribution < -0.4 is 4.74 Å². The summed E-state index contributed by atoms with van der Waals surface area (Å²) in [6.07, 6.45) is 0. The predicted octanol–water partition coefficient (Wildman–Crippen LogP) is 2.48. The highest BCUT2D eigenvalue weighted by Gasteiger charge is 2.24. The number of methoxy groups -OCH3 is 1. The number of carbonyl (C=O) groups is 1. The van der Waals surface area contributed by atoms with Gasteiger partial charge >= 0.3 is 5.97 Å². The minimum atomic E-state index is -3.74. The topological polar surface area (TPSA) is 72.9 Å². The Morgan fingerprint density at radius 3 is 2.44 bits per heavy atom. The van der Waals surface area contributed by atoms with Crippen molar-refractivity contribution in [3.05, 3.63) is 59.7 Å². The number of hydrogen-bond acceptors (Lipinski definition) is 5. The quantitative estimate of drug-likeness (QED) is 0.707. The molecule has 0 N–H and O–H groups in total. The first-order chi connectivity index (χ1) is 11.9. The number of esters is 1. The maximum Gasteiger partial charge on any atom is 0.337 e. The number of likely N-dealkylation sites (N-methyl/N-ethyl adjacent to an activating group) is 1. The first-order valence-electron chi connectivity index (χ1n) is 7.69. The zero-order valence-electron chi connectivity index (χ0n) is 14.4. The lowest BCUT2D eigenvalue weighted by atomic mass is 10.1. The van der Waals surface area contributed by atoms with E-state index in [1.165, 1.54) is 24.5 Å². The van der Waals surface area contributed by atoms with E-state index in [1.54, 1.807) is 31.2 Å². The lowest BCUT2D eigenvalue weighted by Crippen LogP contribution is -2.31. The summed E-state index contributed by atoms with van der Waals surface area (Å²) >= 11 is 0. The van der Waals surface area contributed by atoms with Gasteiger partial charge in [0.2, 0.25) is 10.0 Å². The molecule has 0 unspecified atom stereocenters. The van der Waals surface area contributed by atoms with Gasteiger partial charge in [0, 0.05) is 13.6 Å². The summed E-state index contributed by atoms with van der Waals surface area (Å²) in [7, 11) is -1.01. The Bertz CT molecular complexity index is 834. The first-order valence-corrected chi connectivity index (χ1v) is 9.13. The van der Waals surface area contributed by atoms with Crippen LogP contribution in [0.2, 0.25) is 0 Å². The van der Waals surface area contributed by atoms with Crippen molar-refractivity contribution in [3.63, 3.8) is 0 Å². The highest BCUT2D eigenvalue weighted by molar-refractivity contribution is 7.89. The van der Waals surface area contributed by atoms with E-state index in [0.29, 0.717) is 11.3 Å². The van der Waals surface area contributed by atoms with Crippen LogP contribution in [-0.4, -0.2) is 46.0 Å². The van der Waals surface area contributed by atoms with Crippen LogP contribution in [0.3, 0.4) is 0 Å². The van der Waals surface area contributed by atoms with Crippen LogP contribution in [0.5, 0.6) is 5.75 Å². The molecule has 0 aromatic heterocycles. The molecule has 0 aliphatic rings. The van der Waals surface area contributed by atoms with E-state index in [2.05, 4.69) is 4.74 Å². The molecule has 0 atom stereocenters. The summed E-state index contributed by atoms with van der Waals surface area (Å²) in [5.41, 5.74) is 0.754. The van der Waals surface area contributed by atoms with Gasteiger partial charge in [-0.1, -0.05) is 24.3 Å². The highest BCUT2D eigenvalue weighted by Crippen LogP contribution is 2.21. The molecule has 0 aliphatic heterocycles. The molecular weight excluding hydrogens is 342 g/mol. The number of carbonyl (C=O) groups excluding carboxylic acids is 1. The zero-order valence-corrected chi connectivity index (χ0v) is 15.2. The summed E-state index contributed by atoms with van der Waals surface area (Å²) in [6.45, 7) is 2.08. The van der Waals surface area contributed by atoms with Crippen molar-refractivity contribution in [1.29, 1.82) is 0 Å². The van der Waals surface area contributed by atoms with E-state index in [1.807, 2.05) is 18.2 Å². The summed E-state index contributed by atoms with van der Waals surface area (Å²) in [4.78, 5) is 11.7. The smallest absolute Gasteiger partial charge is 0.337 e. The Hall–Kier alpha value is -2.38. The minimum absolute atomic E-state index is 0.0811. The van der Waals surface area contributed by atoms with E-state index in [4.69, 9.17) is 4.74 Å². The maximum atomic E-state index is 12.8. The average Bonchev–Trinajstić information content (AvgIpc) is 2.62. The van der Waals surface area contributed by atoms with Gasteiger partial charge in [-0.25, -0.2) is 13.2 Å². The molecule has 0 amide bonds. The third-order valence-electron chi connectivity index (χ3n) is 3.72. The number of aryl methyl sites for hydroxylation is 1. The number of hydrogen-bond donors (Lipinski definition) is 0. The van der Waals surface area contributed by atoms with Crippen molar-refractivity contribution in [2.24, 2.45) is 0 Å². The van der Waals surface area contributed by atoms with E-state index in [0.717, 1.165) is 0 Å². The van der Waals surface area contributed by atoms with E-state index >= 15 is 0 Å². The molecule has 2 rings (SSSR count). The lowest BCUT2D eigenvalue weighted by molar-refractivity contribution is 0.0600. The third-order valence-corrected chi connectivity index (χ3v) is 5.71.